The number of carbonyl (C=O) groups excluding carboxylic acids is 2. The SMILES string of the molecule is Cc1ccc2cc3cc(C(=O)N(CC(=O)NC4CCCC4)Cc4ccccc4)sc3nc2c1. The van der Waals surface area contributed by atoms with E-state index in [0.29, 0.717) is 11.4 Å². The Morgan fingerprint density at radius 2 is 1.82 bits per heavy atom. The molecule has 1 aliphatic rings. The Morgan fingerprint density at radius 3 is 2.61 bits per heavy atom. The van der Waals surface area contributed by atoms with E-state index >= 15 is 0 Å². The molecule has 2 aromatic heterocycles. The number of carbonyl (C=O) groups is 2. The van der Waals surface area contributed by atoms with Crippen molar-refractivity contribution in [3.8, 4) is 0 Å². The minimum atomic E-state index is -0.135. The fraction of sp³-hybridized carbons (Fsp3) is 0.296. The Bertz CT molecular complexity index is 1310. The molecule has 2 aromatic carbocycles. The molecule has 33 heavy (non-hydrogen) atoms. The summed E-state index contributed by atoms with van der Waals surface area (Å²) in [4.78, 5) is 34.2. The van der Waals surface area contributed by atoms with E-state index in [2.05, 4.69) is 29.6 Å². The van der Waals surface area contributed by atoms with E-state index in [1.165, 1.54) is 11.3 Å². The first-order valence-electron chi connectivity index (χ1n) is 11.5. The Hall–Kier alpha value is -3.25. The smallest absolute Gasteiger partial charge is 0.264 e. The predicted molar refractivity (Wildman–Crippen MR) is 133 cm³/mol. The van der Waals surface area contributed by atoms with Gasteiger partial charge in [-0.1, -0.05) is 55.3 Å². The van der Waals surface area contributed by atoms with Crippen LogP contribution >= 0.6 is 11.3 Å². The summed E-state index contributed by atoms with van der Waals surface area (Å²) >= 11 is 1.39. The number of aromatic nitrogens is 1. The van der Waals surface area contributed by atoms with E-state index < -0.39 is 0 Å². The van der Waals surface area contributed by atoms with Crippen LogP contribution in [0, 0.1) is 6.92 Å². The van der Waals surface area contributed by atoms with Gasteiger partial charge in [-0.25, -0.2) is 4.98 Å². The quantitative estimate of drug-likeness (QED) is 0.418. The Balaban J connectivity index is 1.42. The second-order valence-electron chi connectivity index (χ2n) is 8.89. The van der Waals surface area contributed by atoms with Gasteiger partial charge in [-0.05, 0) is 49.1 Å². The van der Waals surface area contributed by atoms with Gasteiger partial charge in [0.15, 0.2) is 0 Å². The van der Waals surface area contributed by atoms with Crippen LogP contribution in [0.3, 0.4) is 0 Å². The van der Waals surface area contributed by atoms with E-state index in [9.17, 15) is 9.59 Å². The molecule has 0 spiro atoms. The first kappa shape index (κ1) is 21.6. The van der Waals surface area contributed by atoms with E-state index in [1.54, 1.807) is 4.90 Å². The van der Waals surface area contributed by atoms with Gasteiger partial charge in [0.05, 0.1) is 10.4 Å². The van der Waals surface area contributed by atoms with Gasteiger partial charge in [0.2, 0.25) is 5.91 Å². The molecule has 0 aliphatic heterocycles. The molecule has 4 aromatic rings. The molecule has 1 aliphatic carbocycles. The van der Waals surface area contributed by atoms with Gasteiger partial charge >= 0.3 is 0 Å². The number of thiophene rings is 1. The summed E-state index contributed by atoms with van der Waals surface area (Å²) in [5, 5.41) is 5.12. The van der Waals surface area contributed by atoms with Crippen LogP contribution in [0.2, 0.25) is 0 Å². The predicted octanol–water partition coefficient (Wildman–Crippen LogP) is 5.46. The van der Waals surface area contributed by atoms with E-state index in [0.717, 1.165) is 57.9 Å². The summed E-state index contributed by atoms with van der Waals surface area (Å²) in [6, 6.07) is 20.2. The van der Waals surface area contributed by atoms with Crippen LogP contribution in [0.4, 0.5) is 0 Å². The molecular formula is C27H27N3O2S. The third-order valence-corrected chi connectivity index (χ3v) is 7.26. The lowest BCUT2D eigenvalue weighted by molar-refractivity contribution is -0.122. The molecule has 1 fully saturated rings. The number of fused-ring (bicyclic) bond motifs is 2. The number of nitrogens with zero attached hydrogens (tertiary/aromatic N) is 2. The summed E-state index contributed by atoms with van der Waals surface area (Å²) in [6.45, 7) is 2.49. The van der Waals surface area contributed by atoms with Crippen molar-refractivity contribution < 1.29 is 9.59 Å². The molecule has 5 rings (SSSR count). The first-order valence-corrected chi connectivity index (χ1v) is 12.3. The summed E-state index contributed by atoms with van der Waals surface area (Å²) in [7, 11) is 0. The maximum Gasteiger partial charge on any atom is 0.264 e. The van der Waals surface area contributed by atoms with E-state index in [-0.39, 0.29) is 24.4 Å². The first-order chi connectivity index (χ1) is 16.0. The van der Waals surface area contributed by atoms with E-state index in [4.69, 9.17) is 4.98 Å². The zero-order valence-electron chi connectivity index (χ0n) is 18.7. The number of amides is 2. The third kappa shape index (κ3) is 4.91. The maximum atomic E-state index is 13.6. The molecule has 1 N–H and O–H groups in total. The molecule has 0 bridgehead atoms. The molecule has 0 unspecified atom stereocenters. The van der Waals surface area contributed by atoms with Crippen molar-refractivity contribution >= 4 is 44.3 Å². The Kier molecular flexibility index (Phi) is 6.09. The minimum absolute atomic E-state index is 0.0487. The lowest BCUT2D eigenvalue weighted by Crippen LogP contribution is -2.43. The standard InChI is InChI=1S/C27H27N3O2S/c1-18-11-12-20-14-21-15-24(33-26(21)29-23(20)13-18)27(32)30(16-19-7-3-2-4-8-19)17-25(31)28-22-9-5-6-10-22/h2-4,7-8,11-15,22H,5-6,9-10,16-17H2,1H3,(H,28,31). The highest BCUT2D eigenvalue weighted by Crippen LogP contribution is 2.29. The van der Waals surface area contributed by atoms with Crippen molar-refractivity contribution in [2.24, 2.45) is 0 Å². The minimum Gasteiger partial charge on any atom is -0.352 e. The summed E-state index contributed by atoms with van der Waals surface area (Å²) in [6.07, 6.45) is 4.35. The molecule has 6 heteroatoms. The van der Waals surface area contributed by atoms with Crippen LogP contribution in [0.5, 0.6) is 0 Å². The van der Waals surface area contributed by atoms with Gasteiger partial charge in [0.1, 0.15) is 11.4 Å². The zero-order valence-corrected chi connectivity index (χ0v) is 19.5. The van der Waals surface area contributed by atoms with Crippen molar-refractivity contribution in [2.75, 3.05) is 6.54 Å². The average Bonchev–Trinajstić information content (AvgIpc) is 3.46. The van der Waals surface area contributed by atoms with Gasteiger partial charge in [-0.15, -0.1) is 11.3 Å². The Morgan fingerprint density at radius 1 is 1.03 bits per heavy atom. The summed E-state index contributed by atoms with van der Waals surface area (Å²) in [5.74, 6) is -0.227. The van der Waals surface area contributed by atoms with Gasteiger partial charge in [-0.3, -0.25) is 9.59 Å². The van der Waals surface area contributed by atoms with Crippen LogP contribution in [0.15, 0.2) is 60.7 Å². The third-order valence-electron chi connectivity index (χ3n) is 6.23. The lowest BCUT2D eigenvalue weighted by atomic mass is 10.1. The van der Waals surface area contributed by atoms with Crippen molar-refractivity contribution in [1.29, 1.82) is 0 Å². The molecule has 2 amide bonds. The monoisotopic (exact) mass is 457 g/mol. The number of nitrogens with one attached hydrogen (secondary N) is 1. The van der Waals surface area contributed by atoms with Crippen molar-refractivity contribution in [1.82, 2.24) is 15.2 Å². The summed E-state index contributed by atoms with van der Waals surface area (Å²) in [5.41, 5.74) is 3.09. The number of aryl methyl sites for hydroxylation is 1. The van der Waals surface area contributed by atoms with Crippen molar-refractivity contribution in [2.45, 2.75) is 45.2 Å². The molecule has 0 radical (unpaired) electrons. The van der Waals surface area contributed by atoms with Crippen LogP contribution in [0.25, 0.3) is 21.1 Å². The fourth-order valence-corrected chi connectivity index (χ4v) is 5.51. The number of hydrogen-bond acceptors (Lipinski definition) is 4. The topological polar surface area (TPSA) is 62.3 Å². The molecule has 0 atom stereocenters. The number of rotatable bonds is 6. The zero-order chi connectivity index (χ0) is 22.8. The summed E-state index contributed by atoms with van der Waals surface area (Å²) < 4.78 is 0. The highest BCUT2D eigenvalue weighted by molar-refractivity contribution is 7.20. The number of pyridine rings is 1. The molecule has 168 valence electrons. The fourth-order valence-electron chi connectivity index (χ4n) is 4.52. The van der Waals surface area contributed by atoms with Crippen molar-refractivity contribution in [3.63, 3.8) is 0 Å². The second-order valence-corrected chi connectivity index (χ2v) is 9.92. The Labute approximate surface area is 197 Å². The van der Waals surface area contributed by atoms with Gasteiger partial charge in [-0.2, -0.15) is 0 Å². The number of hydrogen-bond donors (Lipinski definition) is 1. The normalized spacial score (nSPS) is 14.1. The molecule has 2 heterocycles. The van der Waals surface area contributed by atoms with E-state index in [1.807, 2.05) is 43.3 Å². The molecule has 1 saturated carbocycles. The highest BCUT2D eigenvalue weighted by atomic mass is 32.1. The number of benzene rings is 2. The molecule has 0 saturated heterocycles. The van der Waals surface area contributed by atoms with Gasteiger partial charge in [0.25, 0.3) is 5.91 Å². The van der Waals surface area contributed by atoms with Crippen molar-refractivity contribution in [3.05, 3.63) is 76.7 Å². The van der Waals surface area contributed by atoms with Crippen LogP contribution < -0.4 is 5.32 Å². The van der Waals surface area contributed by atoms with Gasteiger partial charge < -0.3 is 10.2 Å². The second kappa shape index (κ2) is 9.32. The highest BCUT2D eigenvalue weighted by Gasteiger charge is 2.24. The maximum absolute atomic E-state index is 13.6. The molecule has 5 nitrogen and oxygen atoms in total. The largest absolute Gasteiger partial charge is 0.352 e. The van der Waals surface area contributed by atoms with Gasteiger partial charge in [0, 0.05) is 23.4 Å². The lowest BCUT2D eigenvalue weighted by Gasteiger charge is -2.23. The van der Waals surface area contributed by atoms with Crippen LogP contribution in [-0.4, -0.2) is 34.3 Å². The molecular weight excluding hydrogens is 430 g/mol. The van der Waals surface area contributed by atoms with Crippen LogP contribution in [0.1, 0.15) is 46.5 Å². The average molecular weight is 458 g/mol. The van der Waals surface area contributed by atoms with Crippen LogP contribution in [-0.2, 0) is 11.3 Å².